The zero-order chi connectivity index (χ0) is 18.0. The average Bonchev–Trinajstić information content (AvgIpc) is 2.98. The van der Waals surface area contributed by atoms with Crippen LogP contribution in [0.25, 0.3) is 29.0 Å². The van der Waals surface area contributed by atoms with Gasteiger partial charge in [-0.2, -0.15) is 13.2 Å². The van der Waals surface area contributed by atoms with Gasteiger partial charge in [-0.05, 0) is 25.1 Å². The molecule has 2 aromatic carbocycles. The Labute approximate surface area is 147 Å². The Morgan fingerprint density at radius 1 is 1.00 bits per heavy atom. The lowest BCUT2D eigenvalue weighted by atomic mass is 10.1. The maximum atomic E-state index is 13.3. The summed E-state index contributed by atoms with van der Waals surface area (Å²) in [4.78, 5) is 4.32. The summed E-state index contributed by atoms with van der Waals surface area (Å²) in [5.74, 6) is 0.358. The van der Waals surface area contributed by atoms with Gasteiger partial charge < -0.3 is 0 Å². The maximum absolute atomic E-state index is 13.3. The molecule has 3 nitrogen and oxygen atoms in total. The number of hydrogen-bond donors (Lipinski definition) is 0. The van der Waals surface area contributed by atoms with E-state index in [1.165, 1.54) is 22.9 Å². The molecule has 128 valence electrons. The number of halogens is 4. The van der Waals surface area contributed by atoms with Crippen LogP contribution in [0.2, 0.25) is 5.02 Å². The van der Waals surface area contributed by atoms with E-state index in [4.69, 9.17) is 11.6 Å². The summed E-state index contributed by atoms with van der Waals surface area (Å²) in [7, 11) is 0. The van der Waals surface area contributed by atoms with E-state index in [0.717, 1.165) is 6.07 Å². The Hall–Kier alpha value is -2.60. The Morgan fingerprint density at radius 3 is 2.28 bits per heavy atom. The zero-order valence-corrected chi connectivity index (χ0v) is 13.9. The van der Waals surface area contributed by atoms with Crippen LogP contribution < -0.4 is 0 Å². The van der Waals surface area contributed by atoms with Crippen LogP contribution in [0, 0.1) is 0 Å². The van der Waals surface area contributed by atoms with Gasteiger partial charge in [0.05, 0.1) is 10.6 Å². The highest BCUT2D eigenvalue weighted by molar-refractivity contribution is 6.33. The molecule has 7 heteroatoms. The highest BCUT2D eigenvalue weighted by Gasteiger charge is 2.34. The van der Waals surface area contributed by atoms with Crippen LogP contribution in [0.15, 0.2) is 54.6 Å². The van der Waals surface area contributed by atoms with Crippen LogP contribution in [0.1, 0.15) is 12.5 Å². The second-order valence-corrected chi connectivity index (χ2v) is 5.62. The van der Waals surface area contributed by atoms with Gasteiger partial charge in [0, 0.05) is 17.3 Å². The van der Waals surface area contributed by atoms with Gasteiger partial charge in [0.1, 0.15) is 0 Å². The Balaban J connectivity index is 2.22. The normalized spacial score (nSPS) is 12.0. The number of hydrogen-bond acceptors (Lipinski definition) is 2. The fraction of sp³-hybridized carbons (Fsp3) is 0.111. The molecule has 1 heterocycles. The van der Waals surface area contributed by atoms with Gasteiger partial charge in [0.25, 0.3) is 0 Å². The minimum Gasteiger partial charge on any atom is -0.220 e. The van der Waals surface area contributed by atoms with Gasteiger partial charge in [-0.3, -0.25) is 0 Å². The molecule has 0 amide bonds. The quantitative estimate of drug-likeness (QED) is 0.591. The van der Waals surface area contributed by atoms with Crippen LogP contribution in [-0.2, 0) is 6.18 Å². The van der Waals surface area contributed by atoms with Crippen molar-refractivity contribution in [3.8, 4) is 22.8 Å². The van der Waals surface area contributed by atoms with Crippen molar-refractivity contribution in [1.29, 1.82) is 0 Å². The largest absolute Gasteiger partial charge is 0.417 e. The molecule has 0 fully saturated rings. The lowest BCUT2D eigenvalue weighted by Gasteiger charge is -2.09. The average molecular weight is 364 g/mol. The highest BCUT2D eigenvalue weighted by Crippen LogP contribution is 2.37. The minimum atomic E-state index is -4.49. The molecule has 25 heavy (non-hydrogen) atoms. The summed E-state index contributed by atoms with van der Waals surface area (Å²) in [6, 6.07) is 12.2. The molecule has 0 radical (unpaired) electrons. The Morgan fingerprint density at radius 2 is 1.64 bits per heavy atom. The van der Waals surface area contributed by atoms with Crippen molar-refractivity contribution in [3.05, 3.63) is 65.2 Å². The van der Waals surface area contributed by atoms with Crippen molar-refractivity contribution in [2.45, 2.75) is 13.1 Å². The lowest BCUT2D eigenvalue weighted by molar-refractivity contribution is -0.137. The van der Waals surface area contributed by atoms with Gasteiger partial charge in [-0.15, -0.1) is 5.10 Å². The molecule has 0 saturated carbocycles. The summed E-state index contributed by atoms with van der Waals surface area (Å²) in [5, 5.41) is 4.66. The van der Waals surface area contributed by atoms with E-state index in [1.54, 1.807) is 43.5 Å². The highest BCUT2D eigenvalue weighted by atomic mass is 35.5. The molecule has 3 rings (SSSR count). The molecule has 0 bridgehead atoms. The van der Waals surface area contributed by atoms with Gasteiger partial charge in [0.2, 0.25) is 0 Å². The predicted molar refractivity (Wildman–Crippen MR) is 91.9 cm³/mol. The molecular weight excluding hydrogens is 351 g/mol. The second-order valence-electron chi connectivity index (χ2n) is 5.21. The van der Waals surface area contributed by atoms with Gasteiger partial charge in [-0.25, -0.2) is 9.67 Å². The van der Waals surface area contributed by atoms with Crippen molar-refractivity contribution >= 4 is 17.8 Å². The molecule has 0 unspecified atom stereocenters. The van der Waals surface area contributed by atoms with Gasteiger partial charge in [0.15, 0.2) is 11.6 Å². The van der Waals surface area contributed by atoms with Gasteiger partial charge >= 0.3 is 6.18 Å². The second kappa shape index (κ2) is 6.72. The fourth-order valence-corrected chi connectivity index (χ4v) is 2.65. The first-order chi connectivity index (χ1) is 11.9. The molecule has 0 aliphatic rings. The number of aromatic nitrogens is 3. The molecule has 0 atom stereocenters. The Bertz CT molecular complexity index is 929. The standard InChI is InChI=1S/C18H13ClF3N3/c1-2-11-25-17(13-8-4-6-10-15(13)19)23-16(24-25)12-7-3-5-9-14(12)18(20,21)22/h2-11H,1H3. The van der Waals surface area contributed by atoms with Crippen LogP contribution in [0.4, 0.5) is 13.2 Å². The molecule has 0 saturated heterocycles. The molecule has 3 aromatic rings. The van der Waals surface area contributed by atoms with Gasteiger partial charge in [-0.1, -0.05) is 48.0 Å². The fourth-order valence-electron chi connectivity index (χ4n) is 2.43. The van der Waals surface area contributed by atoms with Crippen molar-refractivity contribution in [1.82, 2.24) is 14.8 Å². The van der Waals surface area contributed by atoms with E-state index >= 15 is 0 Å². The number of nitrogens with zero attached hydrogens (tertiary/aromatic N) is 3. The van der Waals surface area contributed by atoms with Crippen molar-refractivity contribution < 1.29 is 13.2 Å². The Kier molecular flexibility index (Phi) is 4.63. The third-order valence-electron chi connectivity index (χ3n) is 3.51. The predicted octanol–water partition coefficient (Wildman–Crippen LogP) is 5.77. The monoisotopic (exact) mass is 363 g/mol. The summed E-state index contributed by atoms with van der Waals surface area (Å²) < 4.78 is 41.3. The molecule has 0 N–H and O–H groups in total. The van der Waals surface area contributed by atoms with Crippen LogP contribution >= 0.6 is 11.6 Å². The molecule has 0 spiro atoms. The molecule has 0 aliphatic carbocycles. The summed E-state index contributed by atoms with van der Waals surface area (Å²) in [6.07, 6.45) is -1.16. The van der Waals surface area contributed by atoms with Crippen molar-refractivity contribution in [2.75, 3.05) is 0 Å². The third kappa shape index (κ3) is 3.44. The van der Waals surface area contributed by atoms with Crippen LogP contribution in [0.5, 0.6) is 0 Å². The van der Waals surface area contributed by atoms with E-state index in [2.05, 4.69) is 10.1 Å². The van der Waals surface area contributed by atoms with E-state index in [-0.39, 0.29) is 11.4 Å². The minimum absolute atomic E-state index is 0.0130. The summed E-state index contributed by atoms with van der Waals surface area (Å²) >= 11 is 6.20. The van der Waals surface area contributed by atoms with Crippen LogP contribution in [-0.4, -0.2) is 14.8 Å². The first-order valence-corrected chi connectivity index (χ1v) is 7.80. The summed E-state index contributed by atoms with van der Waals surface area (Å²) in [5.41, 5.74) is -0.268. The number of benzene rings is 2. The summed E-state index contributed by atoms with van der Waals surface area (Å²) in [6.45, 7) is 1.78. The van der Waals surface area contributed by atoms with Crippen LogP contribution in [0.3, 0.4) is 0 Å². The first-order valence-electron chi connectivity index (χ1n) is 7.42. The van der Waals surface area contributed by atoms with E-state index in [9.17, 15) is 13.2 Å². The van der Waals surface area contributed by atoms with Crippen molar-refractivity contribution in [3.63, 3.8) is 0 Å². The van der Waals surface area contributed by atoms with E-state index in [0.29, 0.717) is 16.4 Å². The topological polar surface area (TPSA) is 30.7 Å². The van der Waals surface area contributed by atoms with E-state index in [1.807, 2.05) is 0 Å². The maximum Gasteiger partial charge on any atom is 0.417 e. The number of rotatable bonds is 3. The molecule has 1 aromatic heterocycles. The molecular formula is C18H13ClF3N3. The zero-order valence-electron chi connectivity index (χ0n) is 13.1. The number of allylic oxidation sites excluding steroid dienone is 1. The lowest BCUT2D eigenvalue weighted by Crippen LogP contribution is -2.07. The number of alkyl halides is 3. The first kappa shape index (κ1) is 17.2. The molecule has 0 aliphatic heterocycles. The third-order valence-corrected chi connectivity index (χ3v) is 3.84. The van der Waals surface area contributed by atoms with Crippen molar-refractivity contribution in [2.24, 2.45) is 0 Å². The SMILES string of the molecule is CC=Cn1nc(-c2ccccc2C(F)(F)F)nc1-c1ccccc1Cl. The smallest absolute Gasteiger partial charge is 0.220 e. The van der Waals surface area contributed by atoms with E-state index < -0.39 is 11.7 Å².